The van der Waals surface area contributed by atoms with Crippen LogP contribution in [0.15, 0.2) is 60.7 Å². The summed E-state index contributed by atoms with van der Waals surface area (Å²) in [7, 11) is 2.08. The minimum absolute atomic E-state index is 0.400. The van der Waals surface area contributed by atoms with E-state index in [9.17, 15) is 0 Å². The maximum absolute atomic E-state index is 3.55. The molecule has 0 aliphatic rings. The molecule has 0 fully saturated rings. The van der Waals surface area contributed by atoms with E-state index in [0.717, 1.165) is 0 Å². The second-order valence-electron chi connectivity index (χ2n) is 5.50. The third kappa shape index (κ3) is 3.29. The molecule has 0 bridgehead atoms. The van der Waals surface area contributed by atoms with Gasteiger partial charge in [-0.2, -0.15) is 0 Å². The molecule has 0 saturated carbocycles. The molecule has 20 heavy (non-hydrogen) atoms. The molecule has 0 saturated heterocycles. The van der Waals surface area contributed by atoms with Crippen molar-refractivity contribution in [1.82, 2.24) is 5.32 Å². The lowest BCUT2D eigenvalue weighted by Crippen LogP contribution is -2.38. The second-order valence-corrected chi connectivity index (χ2v) is 5.50. The van der Waals surface area contributed by atoms with Crippen molar-refractivity contribution in [3.63, 3.8) is 0 Å². The highest BCUT2D eigenvalue weighted by Crippen LogP contribution is 2.32. The number of rotatable bonds is 6. The van der Waals surface area contributed by atoms with E-state index >= 15 is 0 Å². The summed E-state index contributed by atoms with van der Waals surface area (Å²) in [5.41, 5.74) is 2.77. The van der Waals surface area contributed by atoms with Crippen LogP contribution >= 0.6 is 0 Å². The molecule has 0 aromatic heterocycles. The van der Waals surface area contributed by atoms with E-state index in [1.807, 2.05) is 0 Å². The number of hydrogen-bond donors (Lipinski definition) is 1. The molecular formula is C19H25N. The van der Waals surface area contributed by atoms with Gasteiger partial charge in [0.2, 0.25) is 0 Å². The lowest BCUT2D eigenvalue weighted by Gasteiger charge is -2.32. The highest BCUT2D eigenvalue weighted by Gasteiger charge is 2.27. The maximum atomic E-state index is 3.55. The van der Waals surface area contributed by atoms with Crippen molar-refractivity contribution in [3.05, 3.63) is 71.8 Å². The van der Waals surface area contributed by atoms with Crippen LogP contribution in [-0.4, -0.2) is 13.1 Å². The molecule has 106 valence electrons. The van der Waals surface area contributed by atoms with Crippen LogP contribution in [0.1, 0.15) is 37.3 Å². The first-order chi connectivity index (χ1) is 9.77. The Morgan fingerprint density at radius 1 is 0.850 bits per heavy atom. The summed E-state index contributed by atoms with van der Waals surface area (Å²) in [4.78, 5) is 0. The van der Waals surface area contributed by atoms with Crippen LogP contribution in [0.4, 0.5) is 0 Å². The third-order valence-electron chi connectivity index (χ3n) is 4.27. The van der Waals surface area contributed by atoms with Gasteiger partial charge in [0.15, 0.2) is 0 Å². The Hall–Kier alpha value is -1.60. The first-order valence-corrected chi connectivity index (χ1v) is 7.55. The van der Waals surface area contributed by atoms with Crippen LogP contribution in [0.3, 0.4) is 0 Å². The van der Waals surface area contributed by atoms with Crippen LogP contribution in [0.2, 0.25) is 0 Å². The predicted molar refractivity (Wildman–Crippen MR) is 87.0 cm³/mol. The first kappa shape index (κ1) is 14.8. The number of benzene rings is 2. The van der Waals surface area contributed by atoms with Gasteiger partial charge in [0, 0.05) is 12.0 Å². The fraction of sp³-hybridized carbons (Fsp3) is 0.368. The average molecular weight is 267 g/mol. The highest BCUT2D eigenvalue weighted by molar-refractivity contribution is 5.34. The molecule has 0 aliphatic heterocycles. The summed E-state index contributed by atoms with van der Waals surface area (Å²) < 4.78 is 0. The van der Waals surface area contributed by atoms with E-state index in [4.69, 9.17) is 0 Å². The number of likely N-dealkylation sites (N-methyl/N-ethyl adjacent to an activating group) is 1. The second kappa shape index (κ2) is 7.25. The van der Waals surface area contributed by atoms with Gasteiger partial charge in [0.05, 0.1) is 0 Å². The lowest BCUT2D eigenvalue weighted by atomic mass is 9.79. The zero-order valence-electron chi connectivity index (χ0n) is 12.7. The Balaban J connectivity index is 2.44. The predicted octanol–water partition coefficient (Wildman–Crippen LogP) is 4.45. The smallest absolute Gasteiger partial charge is 0.0245 e. The quantitative estimate of drug-likeness (QED) is 0.815. The fourth-order valence-electron chi connectivity index (χ4n) is 2.96. The summed E-state index contributed by atoms with van der Waals surface area (Å²) >= 11 is 0. The normalized spacial score (nSPS) is 14.2. The zero-order valence-corrected chi connectivity index (χ0v) is 12.7. The summed E-state index contributed by atoms with van der Waals surface area (Å²) in [6.45, 7) is 4.60. The largest absolute Gasteiger partial charge is 0.316 e. The molecule has 0 spiro atoms. The molecule has 2 unspecified atom stereocenters. The number of hydrogen-bond acceptors (Lipinski definition) is 1. The van der Waals surface area contributed by atoms with Gasteiger partial charge in [0.1, 0.15) is 0 Å². The Kier molecular flexibility index (Phi) is 5.37. The molecule has 2 atom stereocenters. The van der Waals surface area contributed by atoms with Crippen molar-refractivity contribution in [3.8, 4) is 0 Å². The highest BCUT2D eigenvalue weighted by atomic mass is 14.9. The van der Waals surface area contributed by atoms with Gasteiger partial charge in [0.25, 0.3) is 0 Å². The lowest BCUT2D eigenvalue weighted by molar-refractivity contribution is 0.357. The van der Waals surface area contributed by atoms with Crippen molar-refractivity contribution in [2.45, 2.75) is 32.2 Å². The van der Waals surface area contributed by atoms with E-state index in [2.05, 4.69) is 86.9 Å². The Bertz CT molecular complexity index is 452. The molecule has 0 aliphatic carbocycles. The molecule has 1 N–H and O–H groups in total. The molecule has 2 aromatic rings. The van der Waals surface area contributed by atoms with Crippen molar-refractivity contribution in [2.75, 3.05) is 7.05 Å². The van der Waals surface area contributed by atoms with Gasteiger partial charge in [-0.25, -0.2) is 0 Å². The van der Waals surface area contributed by atoms with Crippen molar-refractivity contribution in [2.24, 2.45) is 5.92 Å². The Morgan fingerprint density at radius 2 is 1.30 bits per heavy atom. The van der Waals surface area contributed by atoms with Crippen LogP contribution in [0.5, 0.6) is 0 Å². The van der Waals surface area contributed by atoms with Crippen LogP contribution in [0.25, 0.3) is 0 Å². The van der Waals surface area contributed by atoms with Crippen LogP contribution in [0, 0.1) is 5.92 Å². The first-order valence-electron chi connectivity index (χ1n) is 7.55. The topological polar surface area (TPSA) is 12.0 Å². The van der Waals surface area contributed by atoms with Gasteiger partial charge in [-0.3, -0.25) is 0 Å². The molecular weight excluding hydrogens is 242 g/mol. The molecule has 0 radical (unpaired) electrons. The Labute approximate surface area is 123 Å². The van der Waals surface area contributed by atoms with Gasteiger partial charge in [-0.05, 0) is 24.1 Å². The molecule has 0 heterocycles. The zero-order chi connectivity index (χ0) is 14.4. The SMILES string of the molecule is CCC(C)C(NC)C(c1ccccc1)c1ccccc1. The summed E-state index contributed by atoms with van der Waals surface area (Å²) in [6.07, 6.45) is 1.18. The summed E-state index contributed by atoms with van der Waals surface area (Å²) in [5.74, 6) is 1.03. The summed E-state index contributed by atoms with van der Waals surface area (Å²) in [5, 5.41) is 3.55. The molecule has 2 rings (SSSR count). The van der Waals surface area contributed by atoms with Crippen molar-refractivity contribution >= 4 is 0 Å². The van der Waals surface area contributed by atoms with E-state index in [1.54, 1.807) is 0 Å². The van der Waals surface area contributed by atoms with E-state index in [0.29, 0.717) is 17.9 Å². The van der Waals surface area contributed by atoms with Gasteiger partial charge < -0.3 is 5.32 Å². The monoisotopic (exact) mass is 267 g/mol. The van der Waals surface area contributed by atoms with E-state index in [1.165, 1.54) is 17.5 Å². The molecule has 0 amide bonds. The van der Waals surface area contributed by atoms with Crippen molar-refractivity contribution in [1.29, 1.82) is 0 Å². The number of nitrogens with one attached hydrogen (secondary N) is 1. The third-order valence-corrected chi connectivity index (χ3v) is 4.27. The minimum atomic E-state index is 0.400. The van der Waals surface area contributed by atoms with E-state index < -0.39 is 0 Å². The average Bonchev–Trinajstić information content (AvgIpc) is 2.53. The van der Waals surface area contributed by atoms with Gasteiger partial charge >= 0.3 is 0 Å². The fourth-order valence-corrected chi connectivity index (χ4v) is 2.96. The maximum Gasteiger partial charge on any atom is 0.0245 e. The van der Waals surface area contributed by atoms with Gasteiger partial charge in [-0.1, -0.05) is 80.9 Å². The standard InChI is InChI=1S/C19H25N/c1-4-15(2)19(20-3)18(16-11-7-5-8-12-16)17-13-9-6-10-14-17/h5-15,18-20H,4H2,1-3H3. The van der Waals surface area contributed by atoms with Crippen LogP contribution < -0.4 is 5.32 Å². The van der Waals surface area contributed by atoms with Crippen LogP contribution in [-0.2, 0) is 0 Å². The van der Waals surface area contributed by atoms with Gasteiger partial charge in [-0.15, -0.1) is 0 Å². The summed E-state index contributed by atoms with van der Waals surface area (Å²) in [6, 6.07) is 22.1. The minimum Gasteiger partial charge on any atom is -0.316 e. The molecule has 1 nitrogen and oxygen atoms in total. The molecule has 2 aromatic carbocycles. The Morgan fingerprint density at radius 3 is 1.65 bits per heavy atom. The van der Waals surface area contributed by atoms with Crippen molar-refractivity contribution < 1.29 is 0 Å². The van der Waals surface area contributed by atoms with E-state index in [-0.39, 0.29) is 0 Å². The molecule has 1 heteroatoms.